The monoisotopic (exact) mass is 277 g/mol. The van der Waals surface area contributed by atoms with Crippen molar-refractivity contribution in [2.24, 2.45) is 0 Å². The molecule has 1 aliphatic heterocycles. The summed E-state index contributed by atoms with van der Waals surface area (Å²) >= 11 is 0. The lowest BCUT2D eigenvalue weighted by Gasteiger charge is -2.26. The number of carbonyl (C=O) groups is 2. The summed E-state index contributed by atoms with van der Waals surface area (Å²) in [5.74, 6) is -0.845. The molecule has 1 heterocycles. The minimum atomic E-state index is -0.986. The van der Waals surface area contributed by atoms with Crippen molar-refractivity contribution < 1.29 is 19.4 Å². The van der Waals surface area contributed by atoms with Crippen molar-refractivity contribution in [3.05, 3.63) is 29.8 Å². The second-order valence-electron chi connectivity index (χ2n) is 4.92. The van der Waals surface area contributed by atoms with Gasteiger partial charge >= 0.3 is 5.97 Å². The molecule has 20 heavy (non-hydrogen) atoms. The summed E-state index contributed by atoms with van der Waals surface area (Å²) in [5.41, 5.74) is 0.830. The van der Waals surface area contributed by atoms with Gasteiger partial charge in [0.15, 0.2) is 0 Å². The zero-order valence-corrected chi connectivity index (χ0v) is 11.5. The van der Waals surface area contributed by atoms with Crippen molar-refractivity contribution >= 4 is 11.9 Å². The molecule has 0 saturated heterocycles. The minimum Gasteiger partial charge on any atom is -0.493 e. The molecule has 0 saturated carbocycles. The number of hydrogen-bond donors (Lipinski definition) is 2. The number of hydrogen-bond acceptors (Lipinski definition) is 3. The highest BCUT2D eigenvalue weighted by atomic mass is 16.5. The number of carbonyl (C=O) groups excluding carboxylic acids is 1. The van der Waals surface area contributed by atoms with Crippen molar-refractivity contribution in [3.63, 3.8) is 0 Å². The summed E-state index contributed by atoms with van der Waals surface area (Å²) in [7, 11) is 0. The summed E-state index contributed by atoms with van der Waals surface area (Å²) in [6.45, 7) is 2.37. The molecule has 0 radical (unpaired) electrons. The van der Waals surface area contributed by atoms with E-state index in [1.54, 1.807) is 0 Å². The number of para-hydroxylation sites is 1. The molecule has 1 aromatic rings. The van der Waals surface area contributed by atoms with E-state index < -0.39 is 12.0 Å². The summed E-state index contributed by atoms with van der Waals surface area (Å²) in [5, 5.41) is 11.7. The van der Waals surface area contributed by atoms with Gasteiger partial charge in [0.25, 0.3) is 0 Å². The fourth-order valence-electron chi connectivity index (χ4n) is 2.43. The van der Waals surface area contributed by atoms with Gasteiger partial charge in [0, 0.05) is 5.56 Å². The quantitative estimate of drug-likeness (QED) is 0.862. The van der Waals surface area contributed by atoms with Crippen molar-refractivity contribution in [1.29, 1.82) is 0 Å². The first-order valence-corrected chi connectivity index (χ1v) is 6.88. The van der Waals surface area contributed by atoms with E-state index >= 15 is 0 Å². The van der Waals surface area contributed by atoms with E-state index in [-0.39, 0.29) is 11.8 Å². The minimum absolute atomic E-state index is 0.235. The van der Waals surface area contributed by atoms with Gasteiger partial charge < -0.3 is 15.2 Å². The third-order valence-corrected chi connectivity index (χ3v) is 3.47. The van der Waals surface area contributed by atoms with E-state index in [2.05, 4.69) is 5.32 Å². The van der Waals surface area contributed by atoms with Gasteiger partial charge in [-0.2, -0.15) is 0 Å². The van der Waals surface area contributed by atoms with E-state index in [1.165, 1.54) is 0 Å². The van der Waals surface area contributed by atoms with Crippen LogP contribution in [0.4, 0.5) is 0 Å². The predicted molar refractivity (Wildman–Crippen MR) is 73.8 cm³/mol. The molecular weight excluding hydrogens is 258 g/mol. The molecule has 1 amide bonds. The number of amides is 1. The molecule has 2 rings (SSSR count). The maximum Gasteiger partial charge on any atom is 0.326 e. The van der Waals surface area contributed by atoms with Crippen LogP contribution in [0.2, 0.25) is 0 Å². The third kappa shape index (κ3) is 3.10. The number of aliphatic carboxylic acids is 1. The Labute approximate surface area is 117 Å². The average molecular weight is 277 g/mol. The van der Waals surface area contributed by atoms with Crippen LogP contribution in [0.3, 0.4) is 0 Å². The Hall–Kier alpha value is -2.04. The van der Waals surface area contributed by atoms with Crippen molar-refractivity contribution in [2.75, 3.05) is 6.61 Å². The highest BCUT2D eigenvalue weighted by Gasteiger charge is 2.30. The number of carboxylic acid groups (broad SMARTS) is 1. The van der Waals surface area contributed by atoms with Crippen LogP contribution in [-0.4, -0.2) is 29.6 Å². The fourth-order valence-corrected chi connectivity index (χ4v) is 2.43. The van der Waals surface area contributed by atoms with Crippen LogP contribution >= 0.6 is 0 Å². The van der Waals surface area contributed by atoms with Gasteiger partial charge in [-0.05, 0) is 18.9 Å². The van der Waals surface area contributed by atoms with Crippen LogP contribution in [0.15, 0.2) is 24.3 Å². The Balaban J connectivity index is 2.12. The van der Waals surface area contributed by atoms with Crippen LogP contribution in [0.1, 0.15) is 37.7 Å². The highest BCUT2D eigenvalue weighted by Crippen LogP contribution is 2.33. The first-order valence-electron chi connectivity index (χ1n) is 6.88. The topological polar surface area (TPSA) is 75.6 Å². The van der Waals surface area contributed by atoms with Gasteiger partial charge in [-0.3, -0.25) is 4.79 Å². The Kier molecular flexibility index (Phi) is 4.61. The maximum atomic E-state index is 12.3. The maximum absolute atomic E-state index is 12.3. The normalized spacial score (nSPS) is 18.6. The lowest BCUT2D eigenvalue weighted by Crippen LogP contribution is -2.43. The highest BCUT2D eigenvalue weighted by molar-refractivity contribution is 5.88. The summed E-state index contributed by atoms with van der Waals surface area (Å²) < 4.78 is 5.51. The van der Waals surface area contributed by atoms with Crippen molar-refractivity contribution in [1.82, 2.24) is 5.32 Å². The molecular formula is C15H19NO4. The second kappa shape index (κ2) is 6.41. The first-order chi connectivity index (χ1) is 9.63. The molecule has 2 atom stereocenters. The third-order valence-electron chi connectivity index (χ3n) is 3.47. The van der Waals surface area contributed by atoms with Crippen LogP contribution in [-0.2, 0) is 9.59 Å². The molecule has 0 aromatic heterocycles. The molecule has 0 spiro atoms. The smallest absolute Gasteiger partial charge is 0.326 e. The number of ether oxygens (including phenoxy) is 1. The lowest BCUT2D eigenvalue weighted by molar-refractivity contribution is -0.142. The Morgan fingerprint density at radius 3 is 2.90 bits per heavy atom. The summed E-state index contributed by atoms with van der Waals surface area (Å²) in [4.78, 5) is 23.4. The van der Waals surface area contributed by atoms with E-state index in [4.69, 9.17) is 9.84 Å². The van der Waals surface area contributed by atoms with Crippen LogP contribution in [0.25, 0.3) is 0 Å². The van der Waals surface area contributed by atoms with Crippen LogP contribution < -0.4 is 10.1 Å². The molecule has 0 bridgehead atoms. The number of nitrogens with one attached hydrogen (secondary N) is 1. The van der Waals surface area contributed by atoms with E-state index in [0.29, 0.717) is 31.6 Å². The predicted octanol–water partition coefficient (Wildman–Crippen LogP) is 1.92. The summed E-state index contributed by atoms with van der Waals surface area (Å²) in [6.07, 6.45) is 1.72. The van der Waals surface area contributed by atoms with Crippen LogP contribution in [0, 0.1) is 0 Å². The first kappa shape index (κ1) is 14.4. The molecule has 108 valence electrons. The van der Waals surface area contributed by atoms with Crippen LogP contribution in [0.5, 0.6) is 5.75 Å². The zero-order chi connectivity index (χ0) is 14.5. The Morgan fingerprint density at radius 1 is 1.45 bits per heavy atom. The molecule has 0 aliphatic carbocycles. The average Bonchev–Trinajstić information content (AvgIpc) is 2.46. The van der Waals surface area contributed by atoms with E-state index in [9.17, 15) is 9.59 Å². The molecule has 0 fully saturated rings. The number of rotatable bonds is 5. The largest absolute Gasteiger partial charge is 0.493 e. The zero-order valence-electron chi connectivity index (χ0n) is 11.5. The second-order valence-corrected chi connectivity index (χ2v) is 4.92. The Morgan fingerprint density at radius 2 is 2.20 bits per heavy atom. The molecule has 1 aliphatic rings. The molecule has 5 nitrogen and oxygen atoms in total. The van der Waals surface area contributed by atoms with Crippen molar-refractivity contribution in [3.8, 4) is 5.75 Å². The van der Waals surface area contributed by atoms with Gasteiger partial charge in [-0.15, -0.1) is 0 Å². The van der Waals surface area contributed by atoms with Gasteiger partial charge in [-0.25, -0.2) is 4.79 Å². The molecule has 5 heteroatoms. The van der Waals surface area contributed by atoms with Gasteiger partial charge in [0.1, 0.15) is 11.8 Å². The number of benzene rings is 1. The molecule has 2 N–H and O–H groups in total. The number of carboxylic acids is 1. The van der Waals surface area contributed by atoms with Gasteiger partial charge in [-0.1, -0.05) is 31.5 Å². The molecule has 1 unspecified atom stereocenters. The number of fused-ring (bicyclic) bond motifs is 1. The molecule has 1 aromatic carbocycles. The standard InChI is InChI=1S/C15H19NO4/c1-2-5-12(15(18)19)16-14(17)11-8-9-20-13-7-4-3-6-10(11)13/h3-4,6-7,11-12H,2,5,8-9H2,1H3,(H,16,17)(H,18,19)/t11?,12-/m1/s1. The van der Waals surface area contributed by atoms with Crippen molar-refractivity contribution in [2.45, 2.75) is 38.1 Å². The lowest BCUT2D eigenvalue weighted by atomic mass is 9.92. The van der Waals surface area contributed by atoms with Gasteiger partial charge in [0.2, 0.25) is 5.91 Å². The van der Waals surface area contributed by atoms with E-state index in [1.807, 2.05) is 31.2 Å². The Bertz CT molecular complexity index is 500. The van der Waals surface area contributed by atoms with Gasteiger partial charge in [0.05, 0.1) is 12.5 Å². The fraction of sp³-hybridized carbons (Fsp3) is 0.467. The van der Waals surface area contributed by atoms with E-state index in [0.717, 1.165) is 5.56 Å². The SMILES string of the molecule is CCC[C@@H](NC(=O)C1CCOc2ccccc21)C(=O)O. The summed E-state index contributed by atoms with van der Waals surface area (Å²) in [6, 6.07) is 6.58.